The van der Waals surface area contributed by atoms with Gasteiger partial charge in [0.25, 0.3) is 0 Å². The third-order valence-corrected chi connectivity index (χ3v) is 7.32. The molecule has 0 aromatic heterocycles. The van der Waals surface area contributed by atoms with Crippen LogP contribution in [0.4, 0.5) is 9.59 Å². The summed E-state index contributed by atoms with van der Waals surface area (Å²) in [5, 5.41) is 11.8. The number of nitrogens with zero attached hydrogens (tertiary/aromatic N) is 2. The molecule has 1 N–H and O–H groups in total. The molecule has 0 aliphatic carbocycles. The largest absolute Gasteiger partial charge is 0.444 e. The Morgan fingerprint density at radius 1 is 1.14 bits per heavy atom. The van der Waals surface area contributed by atoms with Gasteiger partial charge in [-0.1, -0.05) is 58.0 Å². The van der Waals surface area contributed by atoms with Crippen LogP contribution in [0.5, 0.6) is 0 Å². The fourth-order valence-electron chi connectivity index (χ4n) is 5.56. The van der Waals surface area contributed by atoms with Crippen LogP contribution in [0.3, 0.4) is 0 Å². The molecule has 194 valence electrons. The van der Waals surface area contributed by atoms with Gasteiger partial charge in [0.2, 0.25) is 5.91 Å². The molecule has 5 atom stereocenters. The molecular formula is C27H40N2O6. The maximum Gasteiger partial charge on any atom is 0.417 e. The zero-order valence-corrected chi connectivity index (χ0v) is 22.2. The summed E-state index contributed by atoms with van der Waals surface area (Å²) in [6, 6.07) is 8.74. The summed E-state index contributed by atoms with van der Waals surface area (Å²) in [5.41, 5.74) is -1.51. The summed E-state index contributed by atoms with van der Waals surface area (Å²) in [4.78, 5) is 42.3. The Kier molecular flexibility index (Phi) is 7.29. The first-order valence-electron chi connectivity index (χ1n) is 12.4. The van der Waals surface area contributed by atoms with Crippen LogP contribution in [0, 0.1) is 11.3 Å². The van der Waals surface area contributed by atoms with Crippen molar-refractivity contribution in [2.45, 2.75) is 97.6 Å². The van der Waals surface area contributed by atoms with E-state index in [1.165, 1.54) is 0 Å². The topological polar surface area (TPSA) is 96.4 Å². The predicted octanol–water partition coefficient (Wildman–Crippen LogP) is 4.91. The Hall–Kier alpha value is -2.61. The smallest absolute Gasteiger partial charge is 0.417 e. The maximum atomic E-state index is 13.6. The number of hydrogen-bond donors (Lipinski definition) is 1. The van der Waals surface area contributed by atoms with Gasteiger partial charge in [0.05, 0.1) is 23.6 Å². The second kappa shape index (κ2) is 9.45. The van der Waals surface area contributed by atoms with Crippen molar-refractivity contribution in [1.29, 1.82) is 0 Å². The third-order valence-electron chi connectivity index (χ3n) is 7.32. The molecule has 2 aliphatic heterocycles. The molecule has 0 unspecified atom stereocenters. The monoisotopic (exact) mass is 488 g/mol. The second-order valence-corrected chi connectivity index (χ2v) is 11.8. The number of aliphatic hydroxyl groups is 1. The lowest BCUT2D eigenvalue weighted by Gasteiger charge is -2.52. The number of likely N-dealkylation sites (tertiary alicyclic amines) is 1. The highest BCUT2D eigenvalue weighted by atomic mass is 16.6. The van der Waals surface area contributed by atoms with Crippen molar-refractivity contribution in [3.05, 3.63) is 35.9 Å². The molecule has 35 heavy (non-hydrogen) atoms. The minimum absolute atomic E-state index is 0.419. The van der Waals surface area contributed by atoms with Crippen LogP contribution in [-0.4, -0.2) is 62.8 Å². The standard InChI is InChI=1S/C27H40N2O6/c1-17(22(31)29-18(2)20(34-24(29)33)19-13-10-9-11-14-19)21(30)27(25(3,4)5)15-12-16-28(27)23(32)35-26(6,7)8/h9-11,13-14,17-18,20-21,30H,12,15-16H2,1-8H3/t17-,18-,20-,21-,27-/m1/s1. The molecule has 0 saturated carbocycles. The Balaban J connectivity index is 1.90. The van der Waals surface area contributed by atoms with Crippen LogP contribution in [0.2, 0.25) is 0 Å². The van der Waals surface area contributed by atoms with Gasteiger partial charge in [0, 0.05) is 6.54 Å². The number of cyclic esters (lactones) is 1. The molecule has 0 bridgehead atoms. The lowest BCUT2D eigenvalue weighted by Crippen LogP contribution is -2.66. The van der Waals surface area contributed by atoms with Gasteiger partial charge in [-0.3, -0.25) is 9.69 Å². The minimum atomic E-state index is -1.22. The molecule has 1 aromatic rings. The molecule has 3 amide bonds. The summed E-state index contributed by atoms with van der Waals surface area (Å²) in [7, 11) is 0. The van der Waals surface area contributed by atoms with Crippen molar-refractivity contribution < 1.29 is 29.0 Å². The zero-order valence-electron chi connectivity index (χ0n) is 22.2. The van der Waals surface area contributed by atoms with Gasteiger partial charge in [0.15, 0.2) is 0 Å². The van der Waals surface area contributed by atoms with Gasteiger partial charge < -0.3 is 14.6 Å². The molecule has 2 fully saturated rings. The highest BCUT2D eigenvalue weighted by molar-refractivity contribution is 5.95. The van der Waals surface area contributed by atoms with Crippen molar-refractivity contribution in [2.24, 2.45) is 11.3 Å². The van der Waals surface area contributed by atoms with Crippen molar-refractivity contribution >= 4 is 18.1 Å². The van der Waals surface area contributed by atoms with E-state index in [0.29, 0.717) is 19.4 Å². The van der Waals surface area contributed by atoms with Crippen molar-refractivity contribution in [3.8, 4) is 0 Å². The first-order valence-corrected chi connectivity index (χ1v) is 12.4. The lowest BCUT2D eigenvalue weighted by atomic mass is 9.65. The van der Waals surface area contributed by atoms with Crippen molar-refractivity contribution in [1.82, 2.24) is 9.80 Å². The van der Waals surface area contributed by atoms with E-state index in [0.717, 1.165) is 10.5 Å². The van der Waals surface area contributed by atoms with E-state index in [2.05, 4.69) is 0 Å². The Labute approximate surface area is 208 Å². The van der Waals surface area contributed by atoms with Gasteiger partial charge in [-0.2, -0.15) is 0 Å². The summed E-state index contributed by atoms with van der Waals surface area (Å²) in [6.07, 6.45) is -1.86. The fraction of sp³-hybridized carbons (Fsp3) is 0.667. The number of aliphatic hydroxyl groups excluding tert-OH is 1. The van der Waals surface area contributed by atoms with E-state index in [4.69, 9.17) is 9.47 Å². The number of carbonyl (C=O) groups excluding carboxylic acids is 3. The normalized spacial score (nSPS) is 26.9. The van der Waals surface area contributed by atoms with Gasteiger partial charge >= 0.3 is 12.2 Å². The molecule has 8 heteroatoms. The number of hydrogen-bond acceptors (Lipinski definition) is 6. The quantitative estimate of drug-likeness (QED) is 0.647. The van der Waals surface area contributed by atoms with E-state index >= 15 is 0 Å². The minimum Gasteiger partial charge on any atom is -0.444 e. The summed E-state index contributed by atoms with van der Waals surface area (Å²) >= 11 is 0. The molecule has 2 aliphatic rings. The third kappa shape index (κ3) is 4.90. The Morgan fingerprint density at radius 3 is 2.29 bits per heavy atom. The van der Waals surface area contributed by atoms with E-state index < -0.39 is 58.8 Å². The Morgan fingerprint density at radius 2 is 1.74 bits per heavy atom. The van der Waals surface area contributed by atoms with Gasteiger partial charge in [-0.25, -0.2) is 14.5 Å². The number of rotatable bonds is 4. The zero-order chi connectivity index (χ0) is 26.3. The molecule has 2 saturated heterocycles. The first kappa shape index (κ1) is 27.0. The molecule has 3 rings (SSSR count). The summed E-state index contributed by atoms with van der Waals surface area (Å²) in [6.45, 7) is 15.0. The molecule has 1 aromatic carbocycles. The van der Waals surface area contributed by atoms with Crippen molar-refractivity contribution in [2.75, 3.05) is 6.54 Å². The van der Waals surface area contributed by atoms with Gasteiger partial charge in [-0.05, 0) is 51.5 Å². The summed E-state index contributed by atoms with van der Waals surface area (Å²) in [5.74, 6) is -1.48. The van der Waals surface area contributed by atoms with E-state index in [1.807, 2.05) is 51.1 Å². The molecular weight excluding hydrogens is 448 g/mol. The van der Waals surface area contributed by atoms with Gasteiger partial charge in [-0.15, -0.1) is 0 Å². The second-order valence-electron chi connectivity index (χ2n) is 11.8. The number of imide groups is 1. The highest BCUT2D eigenvalue weighted by Crippen LogP contribution is 2.49. The maximum absolute atomic E-state index is 13.6. The predicted molar refractivity (Wildman–Crippen MR) is 132 cm³/mol. The van der Waals surface area contributed by atoms with E-state index in [1.54, 1.807) is 39.5 Å². The van der Waals surface area contributed by atoms with Crippen molar-refractivity contribution in [3.63, 3.8) is 0 Å². The summed E-state index contributed by atoms with van der Waals surface area (Å²) < 4.78 is 11.2. The van der Waals surface area contributed by atoms with Crippen LogP contribution >= 0.6 is 0 Å². The molecule has 0 radical (unpaired) electrons. The first-order chi connectivity index (χ1) is 16.1. The lowest BCUT2D eigenvalue weighted by molar-refractivity contribution is -0.146. The molecule has 2 heterocycles. The average molecular weight is 489 g/mol. The number of amides is 3. The van der Waals surface area contributed by atoms with E-state index in [-0.39, 0.29) is 0 Å². The molecule has 8 nitrogen and oxygen atoms in total. The van der Waals surface area contributed by atoms with Crippen LogP contribution < -0.4 is 0 Å². The number of carbonyl (C=O) groups is 3. The SMILES string of the molecule is C[C@@H]1[C@H](c2ccccc2)OC(=O)N1C(=O)[C@H](C)[C@@H](O)[C@@]1(C(C)(C)C)CCCN1C(=O)OC(C)(C)C. The Bertz CT molecular complexity index is 951. The van der Waals surface area contributed by atoms with Crippen LogP contribution in [-0.2, 0) is 14.3 Å². The van der Waals surface area contributed by atoms with E-state index in [9.17, 15) is 19.5 Å². The van der Waals surface area contributed by atoms with Crippen LogP contribution in [0.25, 0.3) is 0 Å². The van der Waals surface area contributed by atoms with Crippen LogP contribution in [0.1, 0.15) is 79.9 Å². The average Bonchev–Trinajstić information content (AvgIpc) is 3.33. The molecule has 0 spiro atoms. The van der Waals surface area contributed by atoms with Gasteiger partial charge in [0.1, 0.15) is 11.7 Å². The van der Waals surface area contributed by atoms with Crippen LogP contribution in [0.15, 0.2) is 30.3 Å². The number of ether oxygens (including phenoxy) is 2. The fourth-order valence-corrected chi connectivity index (χ4v) is 5.56. The number of benzene rings is 1. The highest BCUT2D eigenvalue weighted by Gasteiger charge is 2.60.